The largest absolute Gasteiger partial charge is 0.352 e. The first-order valence-corrected chi connectivity index (χ1v) is 9.16. The number of pyridine rings is 2. The van der Waals surface area contributed by atoms with Gasteiger partial charge in [-0.2, -0.15) is 0 Å². The number of halogens is 2. The van der Waals surface area contributed by atoms with Gasteiger partial charge in [-0.1, -0.05) is 23.4 Å². The number of rotatable bonds is 3. The van der Waals surface area contributed by atoms with E-state index in [0.29, 0.717) is 39.8 Å². The van der Waals surface area contributed by atoms with Gasteiger partial charge >= 0.3 is 0 Å². The number of amides is 1. The average Bonchev–Trinajstić information content (AvgIpc) is 2.61. The van der Waals surface area contributed by atoms with Crippen LogP contribution in [0.15, 0.2) is 58.6 Å². The molecule has 0 unspecified atom stereocenters. The molecule has 3 heterocycles. The summed E-state index contributed by atoms with van der Waals surface area (Å²) in [5.41, 5.74) is 2.93. The summed E-state index contributed by atoms with van der Waals surface area (Å²) in [7, 11) is 0. The SMILES string of the molecule is O=C1NCCc2c1ccnc2-c1cc(Sc2cc(F)cc(Cl)c2)ccn1. The molecule has 0 saturated heterocycles. The fourth-order valence-electron chi connectivity index (χ4n) is 2.90. The molecule has 2 aromatic heterocycles. The van der Waals surface area contributed by atoms with Crippen molar-refractivity contribution in [3.63, 3.8) is 0 Å². The maximum absolute atomic E-state index is 13.5. The lowest BCUT2D eigenvalue weighted by molar-refractivity contribution is 0.0946. The normalized spacial score (nSPS) is 13.2. The van der Waals surface area contributed by atoms with Crippen LogP contribution in [0.1, 0.15) is 15.9 Å². The lowest BCUT2D eigenvalue weighted by Gasteiger charge is -2.18. The van der Waals surface area contributed by atoms with Crippen molar-refractivity contribution in [3.05, 3.63) is 70.8 Å². The zero-order valence-corrected chi connectivity index (χ0v) is 15.1. The minimum Gasteiger partial charge on any atom is -0.352 e. The van der Waals surface area contributed by atoms with Crippen LogP contribution in [0.4, 0.5) is 4.39 Å². The molecule has 0 spiro atoms. The number of nitrogens with one attached hydrogen (secondary N) is 1. The van der Waals surface area contributed by atoms with E-state index in [1.807, 2.05) is 12.1 Å². The molecule has 1 aromatic carbocycles. The van der Waals surface area contributed by atoms with Gasteiger partial charge in [0.15, 0.2) is 0 Å². The fraction of sp³-hybridized carbons (Fsp3) is 0.105. The Morgan fingerprint density at radius 1 is 1.08 bits per heavy atom. The zero-order chi connectivity index (χ0) is 18.1. The molecule has 0 radical (unpaired) electrons. The molecular formula is C19H13ClFN3OS. The Labute approximate surface area is 158 Å². The zero-order valence-electron chi connectivity index (χ0n) is 13.5. The van der Waals surface area contributed by atoms with Crippen LogP contribution in [0.25, 0.3) is 11.4 Å². The Morgan fingerprint density at radius 3 is 2.77 bits per heavy atom. The van der Waals surface area contributed by atoms with Crippen molar-refractivity contribution in [2.75, 3.05) is 6.54 Å². The molecule has 4 nitrogen and oxygen atoms in total. The van der Waals surface area contributed by atoms with Crippen LogP contribution >= 0.6 is 23.4 Å². The van der Waals surface area contributed by atoms with Crippen LogP contribution < -0.4 is 5.32 Å². The van der Waals surface area contributed by atoms with Gasteiger partial charge in [0.25, 0.3) is 5.91 Å². The van der Waals surface area contributed by atoms with E-state index in [4.69, 9.17) is 11.6 Å². The summed E-state index contributed by atoms with van der Waals surface area (Å²) in [6.07, 6.45) is 4.01. The van der Waals surface area contributed by atoms with Crippen molar-refractivity contribution in [1.82, 2.24) is 15.3 Å². The second-order valence-electron chi connectivity index (χ2n) is 5.78. The monoisotopic (exact) mass is 385 g/mol. The molecule has 1 aliphatic heterocycles. The highest BCUT2D eigenvalue weighted by Gasteiger charge is 2.21. The van der Waals surface area contributed by atoms with Gasteiger partial charge in [-0.05, 0) is 48.4 Å². The lowest BCUT2D eigenvalue weighted by Crippen LogP contribution is -2.32. The molecule has 3 aromatic rings. The molecule has 1 aliphatic rings. The molecular weight excluding hydrogens is 373 g/mol. The van der Waals surface area contributed by atoms with Gasteiger partial charge in [0.2, 0.25) is 0 Å². The van der Waals surface area contributed by atoms with E-state index in [1.165, 1.54) is 23.9 Å². The van der Waals surface area contributed by atoms with E-state index >= 15 is 0 Å². The van der Waals surface area contributed by atoms with Crippen molar-refractivity contribution in [2.45, 2.75) is 16.2 Å². The van der Waals surface area contributed by atoms with Crippen LogP contribution in [0.2, 0.25) is 5.02 Å². The minimum atomic E-state index is -0.376. The first-order chi connectivity index (χ1) is 12.6. The van der Waals surface area contributed by atoms with Gasteiger partial charge < -0.3 is 5.32 Å². The van der Waals surface area contributed by atoms with Gasteiger partial charge in [0.1, 0.15) is 5.82 Å². The highest BCUT2D eigenvalue weighted by molar-refractivity contribution is 7.99. The maximum atomic E-state index is 13.5. The number of fused-ring (bicyclic) bond motifs is 1. The summed E-state index contributed by atoms with van der Waals surface area (Å²) in [5, 5.41) is 3.19. The van der Waals surface area contributed by atoms with Crippen LogP contribution in [0.3, 0.4) is 0 Å². The summed E-state index contributed by atoms with van der Waals surface area (Å²) >= 11 is 7.31. The third kappa shape index (κ3) is 3.43. The van der Waals surface area contributed by atoms with E-state index in [-0.39, 0.29) is 11.7 Å². The number of benzene rings is 1. The Bertz CT molecular complexity index is 992. The number of aromatic nitrogens is 2. The Hall–Kier alpha value is -2.44. The van der Waals surface area contributed by atoms with Gasteiger partial charge in [0, 0.05) is 39.3 Å². The van der Waals surface area contributed by atoms with Crippen molar-refractivity contribution < 1.29 is 9.18 Å². The van der Waals surface area contributed by atoms with Crippen molar-refractivity contribution in [2.24, 2.45) is 0 Å². The molecule has 0 atom stereocenters. The fourth-order valence-corrected chi connectivity index (χ4v) is 4.12. The highest BCUT2D eigenvalue weighted by atomic mass is 35.5. The molecule has 7 heteroatoms. The Balaban J connectivity index is 1.71. The van der Waals surface area contributed by atoms with Crippen molar-refractivity contribution in [3.8, 4) is 11.4 Å². The van der Waals surface area contributed by atoms with Crippen LogP contribution in [0, 0.1) is 5.82 Å². The van der Waals surface area contributed by atoms with Crippen molar-refractivity contribution >= 4 is 29.3 Å². The molecule has 130 valence electrons. The Kier molecular flexibility index (Phi) is 4.61. The summed E-state index contributed by atoms with van der Waals surface area (Å²) in [5.74, 6) is -0.464. The quantitative estimate of drug-likeness (QED) is 0.727. The lowest BCUT2D eigenvalue weighted by atomic mass is 9.97. The highest BCUT2D eigenvalue weighted by Crippen LogP contribution is 2.33. The predicted molar refractivity (Wildman–Crippen MR) is 99.0 cm³/mol. The van der Waals surface area contributed by atoms with Crippen LogP contribution in [-0.4, -0.2) is 22.4 Å². The predicted octanol–water partition coefficient (Wildman–Crippen LogP) is 4.37. The first-order valence-electron chi connectivity index (χ1n) is 7.96. The second kappa shape index (κ2) is 7.05. The summed E-state index contributed by atoms with van der Waals surface area (Å²) in [6.45, 7) is 0.584. The van der Waals surface area contributed by atoms with E-state index in [2.05, 4.69) is 15.3 Å². The molecule has 0 saturated carbocycles. The molecule has 1 amide bonds. The second-order valence-corrected chi connectivity index (χ2v) is 7.36. The van der Waals surface area contributed by atoms with E-state index in [0.717, 1.165) is 10.5 Å². The van der Waals surface area contributed by atoms with Gasteiger partial charge in [-0.25, -0.2) is 4.39 Å². The number of hydrogen-bond acceptors (Lipinski definition) is 4. The summed E-state index contributed by atoms with van der Waals surface area (Å²) in [6, 6.07) is 9.87. The first kappa shape index (κ1) is 17.0. The third-order valence-corrected chi connectivity index (χ3v) is 5.19. The minimum absolute atomic E-state index is 0.0881. The molecule has 4 rings (SSSR count). The molecule has 26 heavy (non-hydrogen) atoms. The van der Waals surface area contributed by atoms with Crippen molar-refractivity contribution in [1.29, 1.82) is 0 Å². The van der Waals surface area contributed by atoms with E-state index < -0.39 is 0 Å². The van der Waals surface area contributed by atoms with E-state index in [9.17, 15) is 9.18 Å². The van der Waals surface area contributed by atoms with Gasteiger partial charge in [0.05, 0.1) is 11.4 Å². The topological polar surface area (TPSA) is 54.9 Å². The average molecular weight is 386 g/mol. The molecule has 0 fully saturated rings. The number of hydrogen-bond donors (Lipinski definition) is 1. The molecule has 0 aliphatic carbocycles. The molecule has 0 bridgehead atoms. The number of carbonyl (C=O) groups excluding carboxylic acids is 1. The van der Waals surface area contributed by atoms with Crippen LogP contribution in [-0.2, 0) is 6.42 Å². The Morgan fingerprint density at radius 2 is 1.92 bits per heavy atom. The maximum Gasteiger partial charge on any atom is 0.251 e. The smallest absolute Gasteiger partial charge is 0.251 e. The summed E-state index contributed by atoms with van der Waals surface area (Å²) < 4.78 is 13.5. The standard InChI is InChI=1S/C19H13ClFN3OS/c20-11-7-12(21)9-14(8-11)26-13-1-4-22-17(10-13)18-15-2-6-24-19(25)16(15)3-5-23-18/h1,3-5,7-10H,2,6H2,(H,24,25). The van der Waals surface area contributed by atoms with Gasteiger partial charge in [-0.3, -0.25) is 14.8 Å². The number of nitrogens with zero attached hydrogens (tertiary/aromatic N) is 2. The summed E-state index contributed by atoms with van der Waals surface area (Å²) in [4.78, 5) is 22.5. The van der Waals surface area contributed by atoms with E-state index in [1.54, 1.807) is 24.5 Å². The van der Waals surface area contributed by atoms with Crippen LogP contribution in [0.5, 0.6) is 0 Å². The molecule has 1 N–H and O–H groups in total. The number of carbonyl (C=O) groups is 1. The van der Waals surface area contributed by atoms with Gasteiger partial charge in [-0.15, -0.1) is 0 Å². The third-order valence-electron chi connectivity index (χ3n) is 4.01.